The Labute approximate surface area is 97.4 Å². The van der Waals surface area contributed by atoms with Crippen molar-refractivity contribution < 1.29 is 0 Å². The first-order chi connectivity index (χ1) is 7.85. The van der Waals surface area contributed by atoms with Crippen LogP contribution in [0, 0.1) is 0 Å². The number of likely N-dealkylation sites (N-methyl/N-ethyl adjacent to an activating group) is 1. The van der Waals surface area contributed by atoms with Crippen molar-refractivity contribution in [1.29, 1.82) is 0 Å². The van der Waals surface area contributed by atoms with Crippen molar-refractivity contribution in [2.45, 2.75) is 38.8 Å². The van der Waals surface area contributed by atoms with E-state index < -0.39 is 0 Å². The number of likely N-dealkylation sites (tertiary alicyclic amines) is 1. The number of aromatic nitrogens is 2. The summed E-state index contributed by atoms with van der Waals surface area (Å²) in [6.45, 7) is 6.43. The highest BCUT2D eigenvalue weighted by molar-refractivity contribution is 5.00. The van der Waals surface area contributed by atoms with Crippen LogP contribution >= 0.6 is 0 Å². The largest absolute Gasteiger partial charge is 0.333 e. The van der Waals surface area contributed by atoms with Gasteiger partial charge >= 0.3 is 0 Å². The van der Waals surface area contributed by atoms with Crippen LogP contribution in [0.25, 0.3) is 0 Å². The maximum Gasteiger partial charge on any atom is 0.0948 e. The summed E-state index contributed by atoms with van der Waals surface area (Å²) in [4.78, 5) is 6.78. The molecular formula is C12H22N4. The molecule has 4 nitrogen and oxygen atoms in total. The molecule has 0 bridgehead atoms. The standard InChI is InChI=1S/C12H22N4/c1-2-15-7-3-4-12(15)9-16-10-14-8-11(16)5-6-13/h8,10,12H,2-7,9,13H2,1H3. The van der Waals surface area contributed by atoms with Crippen molar-refractivity contribution in [2.24, 2.45) is 5.73 Å². The summed E-state index contributed by atoms with van der Waals surface area (Å²) in [5.41, 5.74) is 6.87. The van der Waals surface area contributed by atoms with E-state index >= 15 is 0 Å². The second kappa shape index (κ2) is 5.46. The Morgan fingerprint density at radius 1 is 1.56 bits per heavy atom. The summed E-state index contributed by atoms with van der Waals surface area (Å²) in [6.07, 6.45) is 7.46. The third-order valence-electron chi connectivity index (χ3n) is 3.51. The molecule has 1 atom stereocenters. The number of hydrogen-bond donors (Lipinski definition) is 1. The van der Waals surface area contributed by atoms with Gasteiger partial charge in [-0.25, -0.2) is 4.98 Å². The minimum Gasteiger partial charge on any atom is -0.333 e. The van der Waals surface area contributed by atoms with E-state index in [0.717, 1.165) is 19.5 Å². The molecule has 1 unspecified atom stereocenters. The van der Waals surface area contributed by atoms with Crippen molar-refractivity contribution in [1.82, 2.24) is 14.5 Å². The highest BCUT2D eigenvalue weighted by Crippen LogP contribution is 2.18. The number of imidazole rings is 1. The molecule has 90 valence electrons. The summed E-state index contributed by atoms with van der Waals surface area (Å²) in [5.74, 6) is 0. The van der Waals surface area contributed by atoms with Crippen LogP contribution in [0.5, 0.6) is 0 Å². The molecule has 0 aliphatic carbocycles. The Kier molecular flexibility index (Phi) is 3.96. The molecule has 1 aliphatic rings. The molecule has 4 heteroatoms. The van der Waals surface area contributed by atoms with Gasteiger partial charge in [0.2, 0.25) is 0 Å². The van der Waals surface area contributed by atoms with Gasteiger partial charge in [-0.15, -0.1) is 0 Å². The molecule has 1 saturated heterocycles. The van der Waals surface area contributed by atoms with Crippen LogP contribution < -0.4 is 5.73 Å². The second-order valence-corrected chi connectivity index (χ2v) is 4.50. The van der Waals surface area contributed by atoms with Gasteiger partial charge < -0.3 is 10.3 Å². The lowest BCUT2D eigenvalue weighted by Crippen LogP contribution is -2.33. The average Bonchev–Trinajstić information content (AvgIpc) is 2.89. The topological polar surface area (TPSA) is 47.1 Å². The van der Waals surface area contributed by atoms with E-state index in [1.54, 1.807) is 0 Å². The van der Waals surface area contributed by atoms with Crippen molar-refractivity contribution >= 4 is 0 Å². The SMILES string of the molecule is CCN1CCCC1Cn1cncc1CCN. The third-order valence-corrected chi connectivity index (χ3v) is 3.51. The van der Waals surface area contributed by atoms with Crippen LogP contribution in [0.1, 0.15) is 25.5 Å². The monoisotopic (exact) mass is 222 g/mol. The number of rotatable bonds is 5. The maximum atomic E-state index is 5.60. The Bertz CT molecular complexity index is 321. The second-order valence-electron chi connectivity index (χ2n) is 4.50. The molecule has 1 aromatic heterocycles. The maximum absolute atomic E-state index is 5.60. The van der Waals surface area contributed by atoms with Crippen LogP contribution in [-0.4, -0.2) is 40.1 Å². The molecule has 1 aromatic rings. The normalized spacial score (nSPS) is 21.8. The van der Waals surface area contributed by atoms with Gasteiger partial charge in [-0.1, -0.05) is 6.92 Å². The van der Waals surface area contributed by atoms with Crippen molar-refractivity contribution in [3.63, 3.8) is 0 Å². The van der Waals surface area contributed by atoms with Crippen molar-refractivity contribution in [3.05, 3.63) is 18.2 Å². The molecule has 0 amide bonds. The Morgan fingerprint density at radius 3 is 3.19 bits per heavy atom. The summed E-state index contributed by atoms with van der Waals surface area (Å²) in [7, 11) is 0. The van der Waals surface area contributed by atoms with Crippen LogP contribution in [0.4, 0.5) is 0 Å². The smallest absolute Gasteiger partial charge is 0.0948 e. The van der Waals surface area contributed by atoms with Gasteiger partial charge in [-0.05, 0) is 32.5 Å². The van der Waals surface area contributed by atoms with E-state index in [0.29, 0.717) is 12.6 Å². The number of nitrogens with two attached hydrogens (primary N) is 1. The first-order valence-corrected chi connectivity index (χ1v) is 6.28. The molecule has 1 aliphatic heterocycles. The van der Waals surface area contributed by atoms with Gasteiger partial charge in [0.1, 0.15) is 0 Å². The zero-order valence-electron chi connectivity index (χ0n) is 10.1. The third kappa shape index (κ3) is 2.44. The molecule has 2 rings (SSSR count). The summed E-state index contributed by atoms with van der Waals surface area (Å²) in [5, 5.41) is 0. The van der Waals surface area contributed by atoms with Crippen LogP contribution in [0.3, 0.4) is 0 Å². The summed E-state index contributed by atoms with van der Waals surface area (Å²) in [6, 6.07) is 0.690. The average molecular weight is 222 g/mol. The predicted molar refractivity (Wildman–Crippen MR) is 65.3 cm³/mol. The van der Waals surface area contributed by atoms with Crippen LogP contribution in [0.2, 0.25) is 0 Å². The molecule has 2 heterocycles. The predicted octanol–water partition coefficient (Wildman–Crippen LogP) is 0.869. The lowest BCUT2D eigenvalue weighted by Gasteiger charge is -2.23. The van der Waals surface area contributed by atoms with Gasteiger partial charge in [0.05, 0.1) is 6.33 Å². The van der Waals surface area contributed by atoms with Crippen molar-refractivity contribution in [2.75, 3.05) is 19.6 Å². The molecule has 0 radical (unpaired) electrons. The zero-order chi connectivity index (χ0) is 11.4. The molecule has 1 fully saturated rings. The van der Waals surface area contributed by atoms with E-state index in [2.05, 4.69) is 21.4 Å². The van der Waals surface area contributed by atoms with Gasteiger partial charge in [-0.3, -0.25) is 4.90 Å². The lowest BCUT2D eigenvalue weighted by atomic mass is 10.2. The first kappa shape index (κ1) is 11.6. The minimum absolute atomic E-state index is 0.690. The van der Waals surface area contributed by atoms with Gasteiger partial charge in [0, 0.05) is 30.9 Å². The molecule has 0 saturated carbocycles. The fourth-order valence-electron chi connectivity index (χ4n) is 2.61. The van der Waals surface area contributed by atoms with Gasteiger partial charge in [0.15, 0.2) is 0 Å². The molecule has 0 aromatic carbocycles. The number of nitrogens with zero attached hydrogens (tertiary/aromatic N) is 3. The lowest BCUT2D eigenvalue weighted by molar-refractivity contribution is 0.243. The van der Waals surface area contributed by atoms with E-state index in [1.165, 1.54) is 25.1 Å². The van der Waals surface area contributed by atoms with E-state index in [9.17, 15) is 0 Å². The summed E-state index contributed by atoms with van der Waals surface area (Å²) < 4.78 is 2.27. The molecule has 16 heavy (non-hydrogen) atoms. The fourth-order valence-corrected chi connectivity index (χ4v) is 2.61. The van der Waals surface area contributed by atoms with Gasteiger partial charge in [-0.2, -0.15) is 0 Å². The highest BCUT2D eigenvalue weighted by atomic mass is 15.2. The van der Waals surface area contributed by atoms with Crippen molar-refractivity contribution in [3.8, 4) is 0 Å². The Morgan fingerprint density at radius 2 is 2.44 bits per heavy atom. The first-order valence-electron chi connectivity index (χ1n) is 6.28. The Balaban J connectivity index is 1.99. The van der Waals surface area contributed by atoms with Crippen LogP contribution in [-0.2, 0) is 13.0 Å². The Hall–Kier alpha value is -0.870. The van der Waals surface area contributed by atoms with E-state index in [4.69, 9.17) is 5.73 Å². The van der Waals surface area contributed by atoms with E-state index in [1.807, 2.05) is 12.5 Å². The molecule has 0 spiro atoms. The highest BCUT2D eigenvalue weighted by Gasteiger charge is 2.23. The molecular weight excluding hydrogens is 200 g/mol. The fraction of sp³-hybridized carbons (Fsp3) is 0.750. The van der Waals surface area contributed by atoms with Crippen LogP contribution in [0.15, 0.2) is 12.5 Å². The minimum atomic E-state index is 0.690. The zero-order valence-corrected chi connectivity index (χ0v) is 10.1. The summed E-state index contributed by atoms with van der Waals surface area (Å²) >= 11 is 0. The quantitative estimate of drug-likeness (QED) is 0.804. The molecule has 2 N–H and O–H groups in total. The van der Waals surface area contributed by atoms with Gasteiger partial charge in [0.25, 0.3) is 0 Å². The number of hydrogen-bond acceptors (Lipinski definition) is 3. The van der Waals surface area contributed by atoms with E-state index in [-0.39, 0.29) is 0 Å².